The number of nitrogens with two attached hydrogens (primary N) is 1. The minimum atomic E-state index is -0.472. The van der Waals surface area contributed by atoms with E-state index in [0.717, 1.165) is 0 Å². The van der Waals surface area contributed by atoms with E-state index in [1.807, 2.05) is 12.4 Å². The molecule has 2 heterocycles. The Hall–Kier alpha value is -0.910. The second kappa shape index (κ2) is 4.76. The number of aryl methyl sites for hydroxylation is 1. The van der Waals surface area contributed by atoms with Crippen LogP contribution in [0.2, 0.25) is 0 Å². The fourth-order valence-corrected chi connectivity index (χ4v) is 2.89. The highest BCUT2D eigenvalue weighted by molar-refractivity contribution is 7.10. The quantitative estimate of drug-likeness (QED) is 0.872. The van der Waals surface area contributed by atoms with E-state index < -0.39 is 5.41 Å². The van der Waals surface area contributed by atoms with Crippen LogP contribution in [-0.2, 0) is 16.1 Å². The van der Waals surface area contributed by atoms with E-state index in [2.05, 4.69) is 13.0 Å². The van der Waals surface area contributed by atoms with E-state index in [1.54, 1.807) is 16.2 Å². The van der Waals surface area contributed by atoms with Crippen molar-refractivity contribution in [3.8, 4) is 0 Å². The maximum atomic E-state index is 12.3. The SMILES string of the molecule is Cc1ccsc1CN(C)C(=O)C1(CN)COC1. The molecule has 1 aliphatic heterocycles. The van der Waals surface area contributed by atoms with Crippen LogP contribution in [0, 0.1) is 12.3 Å². The molecule has 1 aromatic rings. The van der Waals surface area contributed by atoms with E-state index in [4.69, 9.17) is 10.5 Å². The first-order valence-electron chi connectivity index (χ1n) is 5.65. The molecule has 0 aliphatic carbocycles. The molecule has 1 aliphatic rings. The van der Waals surface area contributed by atoms with E-state index >= 15 is 0 Å². The molecule has 0 aromatic carbocycles. The topological polar surface area (TPSA) is 55.6 Å². The Kier molecular flexibility index (Phi) is 3.51. The molecule has 1 amide bonds. The molecule has 0 bridgehead atoms. The molecule has 1 saturated heterocycles. The summed E-state index contributed by atoms with van der Waals surface area (Å²) in [7, 11) is 1.83. The molecule has 0 saturated carbocycles. The van der Waals surface area contributed by atoms with Gasteiger partial charge in [-0.3, -0.25) is 4.79 Å². The van der Waals surface area contributed by atoms with Crippen molar-refractivity contribution in [2.75, 3.05) is 26.8 Å². The van der Waals surface area contributed by atoms with Crippen LogP contribution in [0.3, 0.4) is 0 Å². The molecule has 1 aromatic heterocycles. The Balaban J connectivity index is 2.03. The lowest BCUT2D eigenvalue weighted by molar-refractivity contribution is -0.169. The number of ether oxygens (including phenoxy) is 1. The fourth-order valence-electron chi connectivity index (χ4n) is 1.94. The molecule has 1 fully saturated rings. The second-order valence-electron chi connectivity index (χ2n) is 4.67. The van der Waals surface area contributed by atoms with Crippen molar-refractivity contribution in [3.63, 3.8) is 0 Å². The van der Waals surface area contributed by atoms with Crippen molar-refractivity contribution in [2.24, 2.45) is 11.1 Å². The highest BCUT2D eigenvalue weighted by Gasteiger charge is 2.46. The third kappa shape index (κ3) is 2.22. The molecule has 0 spiro atoms. The maximum Gasteiger partial charge on any atom is 0.234 e. The predicted molar refractivity (Wildman–Crippen MR) is 67.8 cm³/mol. The maximum absolute atomic E-state index is 12.3. The molecule has 94 valence electrons. The lowest BCUT2D eigenvalue weighted by Crippen LogP contribution is -2.58. The fraction of sp³-hybridized carbons (Fsp3) is 0.583. The molecule has 2 N–H and O–H groups in total. The van der Waals surface area contributed by atoms with E-state index in [9.17, 15) is 4.79 Å². The lowest BCUT2D eigenvalue weighted by Gasteiger charge is -2.41. The molecule has 17 heavy (non-hydrogen) atoms. The monoisotopic (exact) mass is 254 g/mol. The van der Waals surface area contributed by atoms with Crippen molar-refractivity contribution in [3.05, 3.63) is 21.9 Å². The molecular weight excluding hydrogens is 236 g/mol. The molecule has 5 heteroatoms. The first-order chi connectivity index (χ1) is 8.09. The number of rotatable bonds is 4. The third-order valence-electron chi connectivity index (χ3n) is 3.30. The zero-order chi connectivity index (χ0) is 12.5. The number of carbonyl (C=O) groups is 1. The molecular formula is C12H18N2O2S. The van der Waals surface area contributed by atoms with Crippen LogP contribution in [-0.4, -0.2) is 37.6 Å². The molecule has 0 atom stereocenters. The summed E-state index contributed by atoms with van der Waals surface area (Å²) < 4.78 is 5.13. The van der Waals surface area contributed by atoms with Crippen molar-refractivity contribution >= 4 is 17.2 Å². The van der Waals surface area contributed by atoms with Gasteiger partial charge >= 0.3 is 0 Å². The molecule has 0 radical (unpaired) electrons. The minimum absolute atomic E-state index is 0.0963. The zero-order valence-electron chi connectivity index (χ0n) is 10.2. The van der Waals surface area contributed by atoms with Crippen molar-refractivity contribution in [1.82, 2.24) is 4.90 Å². The standard InChI is InChI=1S/C12H18N2O2S/c1-9-3-4-17-10(9)5-14(2)11(15)12(6-13)7-16-8-12/h3-4H,5-8,13H2,1-2H3. The first kappa shape index (κ1) is 12.5. The van der Waals surface area contributed by atoms with Gasteiger partial charge in [0.15, 0.2) is 0 Å². The lowest BCUT2D eigenvalue weighted by atomic mass is 9.84. The van der Waals surface area contributed by atoms with Crippen LogP contribution in [0.15, 0.2) is 11.4 Å². The van der Waals surface area contributed by atoms with Crippen molar-refractivity contribution < 1.29 is 9.53 Å². The van der Waals surface area contributed by atoms with Crippen LogP contribution < -0.4 is 5.73 Å². The highest BCUT2D eigenvalue weighted by atomic mass is 32.1. The molecule has 4 nitrogen and oxygen atoms in total. The summed E-state index contributed by atoms with van der Waals surface area (Å²) in [5, 5.41) is 2.05. The summed E-state index contributed by atoms with van der Waals surface area (Å²) in [6.45, 7) is 3.99. The first-order valence-corrected chi connectivity index (χ1v) is 6.53. The van der Waals surface area contributed by atoms with Crippen LogP contribution in [0.25, 0.3) is 0 Å². The van der Waals surface area contributed by atoms with E-state index in [1.165, 1.54) is 10.4 Å². The Morgan fingerprint density at radius 1 is 1.65 bits per heavy atom. The average Bonchev–Trinajstić information content (AvgIpc) is 2.63. The number of hydrogen-bond donors (Lipinski definition) is 1. The summed E-state index contributed by atoms with van der Waals surface area (Å²) >= 11 is 1.68. The van der Waals surface area contributed by atoms with Gasteiger partial charge < -0.3 is 15.4 Å². The van der Waals surface area contributed by atoms with Gasteiger partial charge in [0.1, 0.15) is 5.41 Å². The smallest absolute Gasteiger partial charge is 0.234 e. The number of amides is 1. The predicted octanol–water partition coefficient (Wildman–Crippen LogP) is 0.990. The van der Waals surface area contributed by atoms with Gasteiger partial charge in [-0.15, -0.1) is 11.3 Å². The van der Waals surface area contributed by atoms with Gasteiger partial charge in [0.05, 0.1) is 19.8 Å². The summed E-state index contributed by atoms with van der Waals surface area (Å²) in [6, 6.07) is 2.07. The van der Waals surface area contributed by atoms with Gasteiger partial charge in [0.25, 0.3) is 0 Å². The zero-order valence-corrected chi connectivity index (χ0v) is 11.0. The van der Waals surface area contributed by atoms with Gasteiger partial charge in [0, 0.05) is 18.5 Å². The van der Waals surface area contributed by atoms with Crippen LogP contribution in [0.4, 0.5) is 0 Å². The Morgan fingerprint density at radius 3 is 2.76 bits per heavy atom. The van der Waals surface area contributed by atoms with Gasteiger partial charge in [-0.2, -0.15) is 0 Å². The number of thiophene rings is 1. The minimum Gasteiger partial charge on any atom is -0.379 e. The summed E-state index contributed by atoms with van der Waals surface area (Å²) in [5.74, 6) is 0.0963. The van der Waals surface area contributed by atoms with E-state index in [-0.39, 0.29) is 5.91 Å². The number of hydrogen-bond acceptors (Lipinski definition) is 4. The van der Waals surface area contributed by atoms with Gasteiger partial charge in [-0.25, -0.2) is 0 Å². The van der Waals surface area contributed by atoms with Gasteiger partial charge in [-0.1, -0.05) is 0 Å². The Labute approximate surface area is 105 Å². The summed E-state index contributed by atoms with van der Waals surface area (Å²) in [4.78, 5) is 15.3. The van der Waals surface area contributed by atoms with Crippen molar-refractivity contribution in [2.45, 2.75) is 13.5 Å². The average molecular weight is 254 g/mol. The number of nitrogens with zero attached hydrogens (tertiary/aromatic N) is 1. The van der Waals surface area contributed by atoms with E-state index in [0.29, 0.717) is 26.3 Å². The summed E-state index contributed by atoms with van der Waals surface area (Å²) in [6.07, 6.45) is 0. The second-order valence-corrected chi connectivity index (χ2v) is 5.67. The number of carbonyl (C=O) groups excluding carboxylic acids is 1. The van der Waals surface area contributed by atoms with Gasteiger partial charge in [-0.05, 0) is 23.9 Å². The summed E-state index contributed by atoms with van der Waals surface area (Å²) in [5.41, 5.74) is 6.45. The molecule has 2 rings (SSSR count). The van der Waals surface area contributed by atoms with Crippen molar-refractivity contribution in [1.29, 1.82) is 0 Å². The van der Waals surface area contributed by atoms with Crippen LogP contribution >= 0.6 is 11.3 Å². The van der Waals surface area contributed by atoms with Crippen LogP contribution in [0.5, 0.6) is 0 Å². The Morgan fingerprint density at radius 2 is 2.35 bits per heavy atom. The highest BCUT2D eigenvalue weighted by Crippen LogP contribution is 2.29. The normalized spacial score (nSPS) is 17.6. The third-order valence-corrected chi connectivity index (χ3v) is 4.30. The van der Waals surface area contributed by atoms with Gasteiger partial charge in [0.2, 0.25) is 5.91 Å². The molecule has 0 unspecified atom stereocenters. The Bertz CT molecular complexity index is 407. The largest absolute Gasteiger partial charge is 0.379 e. The van der Waals surface area contributed by atoms with Crippen LogP contribution in [0.1, 0.15) is 10.4 Å².